The van der Waals surface area contributed by atoms with Crippen molar-refractivity contribution >= 4 is 17.5 Å². The second-order valence-corrected chi connectivity index (χ2v) is 6.88. The molecule has 1 aromatic heterocycles. The van der Waals surface area contributed by atoms with E-state index in [2.05, 4.69) is 49.8 Å². The molecule has 0 aromatic carbocycles. The fraction of sp³-hybridized carbons (Fsp3) is 0.688. The zero-order valence-electron chi connectivity index (χ0n) is 14.7. The predicted molar refractivity (Wildman–Crippen MR) is 91.7 cm³/mol. The molecule has 0 saturated carbocycles. The minimum atomic E-state index is -0.255. The highest BCUT2D eigenvalue weighted by atomic mass is 16.2. The van der Waals surface area contributed by atoms with E-state index in [-0.39, 0.29) is 24.3 Å². The molecule has 0 fully saturated rings. The highest BCUT2D eigenvalue weighted by Crippen LogP contribution is 2.22. The second-order valence-electron chi connectivity index (χ2n) is 6.88. The maximum atomic E-state index is 12.6. The first kappa shape index (κ1) is 17.5. The second kappa shape index (κ2) is 7.73. The van der Waals surface area contributed by atoms with E-state index in [1.807, 2.05) is 0 Å². The number of hydrazone groups is 1. The van der Waals surface area contributed by atoms with Crippen molar-refractivity contribution in [2.45, 2.75) is 52.1 Å². The van der Waals surface area contributed by atoms with E-state index in [0.717, 1.165) is 44.1 Å². The molecule has 0 spiro atoms. The number of carbonyl (C=O) groups is 2. The van der Waals surface area contributed by atoms with Gasteiger partial charge >= 0.3 is 0 Å². The van der Waals surface area contributed by atoms with Crippen LogP contribution in [-0.2, 0) is 22.6 Å². The molecule has 0 saturated heterocycles. The van der Waals surface area contributed by atoms with Crippen LogP contribution in [0.1, 0.15) is 50.8 Å². The summed E-state index contributed by atoms with van der Waals surface area (Å²) >= 11 is 0. The molecule has 1 aromatic rings. The van der Waals surface area contributed by atoms with Gasteiger partial charge in [0.15, 0.2) is 5.82 Å². The van der Waals surface area contributed by atoms with Crippen molar-refractivity contribution in [3.8, 4) is 0 Å². The molecule has 1 atom stereocenters. The average molecular weight is 347 g/mol. The van der Waals surface area contributed by atoms with E-state index >= 15 is 0 Å². The van der Waals surface area contributed by atoms with Gasteiger partial charge in [-0.25, -0.2) is 5.43 Å². The Hall–Kier alpha value is -2.29. The first-order valence-corrected chi connectivity index (χ1v) is 8.83. The Morgan fingerprint density at radius 3 is 2.80 bits per heavy atom. The van der Waals surface area contributed by atoms with Crippen molar-refractivity contribution in [1.29, 1.82) is 0 Å². The van der Waals surface area contributed by atoms with Crippen molar-refractivity contribution in [3.63, 3.8) is 0 Å². The lowest BCUT2D eigenvalue weighted by atomic mass is 10.0. The number of hydrogen-bond donors (Lipinski definition) is 3. The lowest BCUT2D eigenvalue weighted by Crippen LogP contribution is -2.40. The molecular weight excluding hydrogens is 322 g/mol. The average Bonchev–Trinajstić information content (AvgIpc) is 2.83. The molecule has 0 bridgehead atoms. The number of rotatable bonds is 5. The molecular formula is C16H25N7O2. The third-order valence-corrected chi connectivity index (χ3v) is 4.38. The number of fused-ring (bicyclic) bond motifs is 1. The highest BCUT2D eigenvalue weighted by molar-refractivity contribution is 6.39. The Morgan fingerprint density at radius 1 is 1.24 bits per heavy atom. The Balaban J connectivity index is 1.79. The highest BCUT2D eigenvalue weighted by Gasteiger charge is 2.27. The molecule has 9 heteroatoms. The minimum Gasteiger partial charge on any atom is -0.341 e. The topological polar surface area (TPSA) is 113 Å². The van der Waals surface area contributed by atoms with Crippen LogP contribution in [0.3, 0.4) is 0 Å². The fourth-order valence-corrected chi connectivity index (χ4v) is 3.13. The zero-order chi connectivity index (χ0) is 17.8. The van der Waals surface area contributed by atoms with Crippen LogP contribution in [0.25, 0.3) is 0 Å². The van der Waals surface area contributed by atoms with E-state index in [4.69, 9.17) is 0 Å². The Labute approximate surface area is 146 Å². The van der Waals surface area contributed by atoms with Crippen LogP contribution in [0.5, 0.6) is 0 Å². The molecule has 0 aliphatic carbocycles. The first-order chi connectivity index (χ1) is 12.0. The van der Waals surface area contributed by atoms with E-state index in [1.54, 1.807) is 0 Å². The van der Waals surface area contributed by atoms with Crippen LogP contribution < -0.4 is 16.1 Å². The molecule has 1 unspecified atom stereocenters. The van der Waals surface area contributed by atoms with Gasteiger partial charge in [0, 0.05) is 38.9 Å². The maximum absolute atomic E-state index is 12.6. The molecule has 9 nitrogen and oxygen atoms in total. The molecule has 25 heavy (non-hydrogen) atoms. The third kappa shape index (κ3) is 4.22. The summed E-state index contributed by atoms with van der Waals surface area (Å²) in [5, 5.41) is 18.9. The van der Waals surface area contributed by atoms with Gasteiger partial charge in [0.05, 0.1) is 6.04 Å². The van der Waals surface area contributed by atoms with Crippen LogP contribution in [0.4, 0.5) is 0 Å². The summed E-state index contributed by atoms with van der Waals surface area (Å²) in [7, 11) is 0. The Morgan fingerprint density at radius 2 is 2.08 bits per heavy atom. The van der Waals surface area contributed by atoms with Crippen LogP contribution in [0.15, 0.2) is 5.10 Å². The normalized spacial score (nSPS) is 18.8. The summed E-state index contributed by atoms with van der Waals surface area (Å²) in [4.78, 5) is 23.8. The molecule has 136 valence electrons. The van der Waals surface area contributed by atoms with E-state index < -0.39 is 0 Å². The Kier molecular flexibility index (Phi) is 5.42. The van der Waals surface area contributed by atoms with Gasteiger partial charge in [0.1, 0.15) is 11.5 Å². The van der Waals surface area contributed by atoms with Gasteiger partial charge in [-0.05, 0) is 12.3 Å². The third-order valence-electron chi connectivity index (χ3n) is 4.38. The standard InChI is InChI=1S/C16H25N7O2/c1-10(2)9-12(18-16(25)11-3-4-14(24)21-19-11)15-22-20-13-5-6-17-7-8-23(13)15/h10,12,17H,3-9H2,1-2H3,(H,18,25)(H,21,24). The van der Waals surface area contributed by atoms with Crippen molar-refractivity contribution < 1.29 is 9.59 Å². The van der Waals surface area contributed by atoms with Crippen LogP contribution in [0.2, 0.25) is 0 Å². The van der Waals surface area contributed by atoms with Crippen molar-refractivity contribution in [2.24, 2.45) is 11.0 Å². The van der Waals surface area contributed by atoms with Gasteiger partial charge in [0.2, 0.25) is 5.91 Å². The number of aromatic nitrogens is 3. The Bertz CT molecular complexity index is 680. The van der Waals surface area contributed by atoms with E-state index in [1.165, 1.54) is 0 Å². The van der Waals surface area contributed by atoms with E-state index in [0.29, 0.717) is 18.1 Å². The van der Waals surface area contributed by atoms with Gasteiger partial charge < -0.3 is 15.2 Å². The summed E-state index contributed by atoms with van der Waals surface area (Å²) in [5.74, 6) is 1.71. The van der Waals surface area contributed by atoms with Crippen LogP contribution in [-0.4, -0.2) is 45.4 Å². The predicted octanol–water partition coefficient (Wildman–Crippen LogP) is -0.107. The molecule has 2 aliphatic heterocycles. The molecule has 2 aliphatic rings. The van der Waals surface area contributed by atoms with Crippen LogP contribution in [0, 0.1) is 5.92 Å². The summed E-state index contributed by atoms with van der Waals surface area (Å²) in [6.07, 6.45) is 2.23. The molecule has 3 rings (SSSR count). The first-order valence-electron chi connectivity index (χ1n) is 8.83. The van der Waals surface area contributed by atoms with Gasteiger partial charge in [-0.3, -0.25) is 9.59 Å². The monoisotopic (exact) mass is 347 g/mol. The molecule has 0 radical (unpaired) electrons. The maximum Gasteiger partial charge on any atom is 0.268 e. The fourth-order valence-electron chi connectivity index (χ4n) is 3.13. The smallest absolute Gasteiger partial charge is 0.268 e. The molecule has 3 heterocycles. The van der Waals surface area contributed by atoms with Crippen molar-refractivity contribution in [1.82, 2.24) is 30.8 Å². The minimum absolute atomic E-state index is 0.162. The van der Waals surface area contributed by atoms with Gasteiger partial charge in [-0.2, -0.15) is 5.10 Å². The van der Waals surface area contributed by atoms with Crippen LogP contribution >= 0.6 is 0 Å². The molecule has 2 amide bonds. The summed E-state index contributed by atoms with van der Waals surface area (Å²) in [6, 6.07) is -0.229. The SMILES string of the molecule is CC(C)CC(NC(=O)C1=NNC(=O)CC1)c1nnc2n1CCNCC2. The van der Waals surface area contributed by atoms with Crippen molar-refractivity contribution in [2.75, 3.05) is 13.1 Å². The number of amides is 2. The zero-order valence-corrected chi connectivity index (χ0v) is 14.7. The lowest BCUT2D eigenvalue weighted by Gasteiger charge is -2.22. The summed E-state index contributed by atoms with van der Waals surface area (Å²) < 4.78 is 2.11. The van der Waals surface area contributed by atoms with Gasteiger partial charge in [-0.15, -0.1) is 10.2 Å². The van der Waals surface area contributed by atoms with Gasteiger partial charge in [0.25, 0.3) is 5.91 Å². The largest absolute Gasteiger partial charge is 0.341 e. The quantitative estimate of drug-likeness (QED) is 0.688. The lowest BCUT2D eigenvalue weighted by molar-refractivity contribution is -0.121. The molecule has 3 N–H and O–H groups in total. The van der Waals surface area contributed by atoms with Gasteiger partial charge in [-0.1, -0.05) is 13.8 Å². The number of hydrogen-bond acceptors (Lipinski definition) is 6. The number of nitrogens with one attached hydrogen (secondary N) is 3. The summed E-state index contributed by atoms with van der Waals surface area (Å²) in [6.45, 7) is 6.76. The summed E-state index contributed by atoms with van der Waals surface area (Å²) in [5.41, 5.74) is 2.72. The number of nitrogens with zero attached hydrogens (tertiary/aromatic N) is 4. The van der Waals surface area contributed by atoms with E-state index in [9.17, 15) is 9.59 Å². The number of carbonyl (C=O) groups excluding carboxylic acids is 2. The van der Waals surface area contributed by atoms with Crippen molar-refractivity contribution in [3.05, 3.63) is 11.6 Å².